The molecule has 0 aromatic heterocycles. The van der Waals surface area contributed by atoms with Crippen molar-refractivity contribution >= 4 is 11.6 Å². The molecular weight excluding hydrogens is 308 g/mol. The minimum Gasteiger partial charge on any atom is -0.390 e. The van der Waals surface area contributed by atoms with Crippen LogP contribution in [0.2, 0.25) is 5.02 Å². The minimum absolute atomic E-state index is 0.289. The summed E-state index contributed by atoms with van der Waals surface area (Å²) >= 11 is 5.89. The summed E-state index contributed by atoms with van der Waals surface area (Å²) in [6, 6.07) is 7.86. The molecule has 2 fully saturated rings. The lowest BCUT2D eigenvalue weighted by Crippen LogP contribution is -2.46. The van der Waals surface area contributed by atoms with Crippen LogP contribution >= 0.6 is 11.6 Å². The van der Waals surface area contributed by atoms with E-state index in [9.17, 15) is 5.11 Å². The fraction of sp³-hybridized carbons (Fsp3) is 0.684. The van der Waals surface area contributed by atoms with Crippen molar-refractivity contribution in [1.82, 2.24) is 10.2 Å². The van der Waals surface area contributed by atoms with Gasteiger partial charge >= 0.3 is 0 Å². The van der Waals surface area contributed by atoms with Crippen molar-refractivity contribution in [2.45, 2.75) is 44.8 Å². The monoisotopic (exact) mass is 336 g/mol. The van der Waals surface area contributed by atoms with Crippen LogP contribution < -0.4 is 5.32 Å². The van der Waals surface area contributed by atoms with Crippen LogP contribution in [0.1, 0.15) is 37.7 Å². The van der Waals surface area contributed by atoms with Gasteiger partial charge < -0.3 is 15.3 Å². The molecule has 0 bridgehead atoms. The van der Waals surface area contributed by atoms with E-state index in [-0.39, 0.29) is 6.10 Å². The molecule has 128 valence electrons. The Hall–Kier alpha value is -0.610. The van der Waals surface area contributed by atoms with Gasteiger partial charge in [0, 0.05) is 31.2 Å². The highest BCUT2D eigenvalue weighted by atomic mass is 35.5. The SMILES string of the molecule is O[C@@H](CNCc1ccc(Cl)cc1)CN1CC[C@@H]2CCCC[C@@H]2C1. The molecule has 0 unspecified atom stereocenters. The Balaban J connectivity index is 1.36. The number of halogens is 1. The number of likely N-dealkylation sites (tertiary alicyclic amines) is 1. The van der Waals surface area contributed by atoms with E-state index >= 15 is 0 Å². The summed E-state index contributed by atoms with van der Waals surface area (Å²) in [6.45, 7) is 4.58. The van der Waals surface area contributed by atoms with Crippen molar-refractivity contribution in [3.05, 3.63) is 34.9 Å². The molecule has 1 aliphatic carbocycles. The van der Waals surface area contributed by atoms with E-state index in [0.717, 1.165) is 36.5 Å². The maximum Gasteiger partial charge on any atom is 0.0791 e. The molecule has 3 nitrogen and oxygen atoms in total. The molecule has 1 aromatic carbocycles. The van der Waals surface area contributed by atoms with E-state index in [1.165, 1.54) is 44.2 Å². The first-order chi connectivity index (χ1) is 11.2. The molecule has 1 saturated carbocycles. The topological polar surface area (TPSA) is 35.5 Å². The van der Waals surface area contributed by atoms with Gasteiger partial charge in [0.1, 0.15) is 0 Å². The molecule has 3 atom stereocenters. The smallest absolute Gasteiger partial charge is 0.0791 e. The van der Waals surface area contributed by atoms with E-state index in [0.29, 0.717) is 6.54 Å². The van der Waals surface area contributed by atoms with E-state index in [1.54, 1.807) is 0 Å². The zero-order valence-electron chi connectivity index (χ0n) is 13.9. The van der Waals surface area contributed by atoms with Crippen LogP contribution in [-0.2, 0) is 6.54 Å². The summed E-state index contributed by atoms with van der Waals surface area (Å²) < 4.78 is 0. The second-order valence-electron chi connectivity index (χ2n) is 7.26. The standard InChI is InChI=1S/C19H29ClN2O/c20-18-7-5-15(6-8-18)11-21-12-19(23)14-22-10-9-16-3-1-2-4-17(16)13-22/h5-8,16-17,19,21,23H,1-4,9-14H2/t16-,17+,19-/m0/s1. The van der Waals surface area contributed by atoms with Gasteiger partial charge in [-0.05, 0) is 48.9 Å². The Morgan fingerprint density at radius 2 is 1.87 bits per heavy atom. The largest absolute Gasteiger partial charge is 0.390 e. The molecule has 2 aliphatic rings. The van der Waals surface area contributed by atoms with Crippen LogP contribution in [0.4, 0.5) is 0 Å². The molecular formula is C19H29ClN2O. The third-order valence-electron chi connectivity index (χ3n) is 5.47. The summed E-state index contributed by atoms with van der Waals surface area (Å²) in [5, 5.41) is 14.4. The highest BCUT2D eigenvalue weighted by molar-refractivity contribution is 6.30. The fourth-order valence-electron chi connectivity index (χ4n) is 4.19. The fourth-order valence-corrected chi connectivity index (χ4v) is 4.32. The Morgan fingerprint density at radius 1 is 1.13 bits per heavy atom. The first-order valence-corrected chi connectivity index (χ1v) is 9.44. The molecule has 4 heteroatoms. The van der Waals surface area contributed by atoms with Crippen LogP contribution in [-0.4, -0.2) is 42.3 Å². The van der Waals surface area contributed by atoms with E-state index in [1.807, 2.05) is 24.3 Å². The summed E-state index contributed by atoms with van der Waals surface area (Å²) in [5.41, 5.74) is 1.20. The van der Waals surface area contributed by atoms with E-state index < -0.39 is 0 Å². The van der Waals surface area contributed by atoms with E-state index in [4.69, 9.17) is 11.6 Å². The Labute approximate surface area is 145 Å². The number of hydrogen-bond donors (Lipinski definition) is 2. The van der Waals surface area contributed by atoms with Gasteiger partial charge in [-0.3, -0.25) is 0 Å². The van der Waals surface area contributed by atoms with Crippen molar-refractivity contribution in [2.75, 3.05) is 26.2 Å². The molecule has 1 saturated heterocycles. The first kappa shape index (κ1) is 17.2. The Bertz CT molecular complexity index is 479. The lowest BCUT2D eigenvalue weighted by atomic mass is 9.75. The highest BCUT2D eigenvalue weighted by Gasteiger charge is 2.31. The van der Waals surface area contributed by atoms with Gasteiger partial charge in [-0.25, -0.2) is 0 Å². The molecule has 2 N–H and O–H groups in total. The van der Waals surface area contributed by atoms with Crippen molar-refractivity contribution < 1.29 is 5.11 Å². The first-order valence-electron chi connectivity index (χ1n) is 9.06. The lowest BCUT2D eigenvalue weighted by molar-refractivity contribution is 0.0463. The molecule has 0 radical (unpaired) electrons. The number of fused-ring (bicyclic) bond motifs is 1. The van der Waals surface area contributed by atoms with Crippen molar-refractivity contribution in [3.63, 3.8) is 0 Å². The average molecular weight is 337 g/mol. The Kier molecular flexibility index (Phi) is 6.35. The summed E-state index contributed by atoms with van der Waals surface area (Å²) in [4.78, 5) is 2.47. The minimum atomic E-state index is -0.289. The summed E-state index contributed by atoms with van der Waals surface area (Å²) in [7, 11) is 0. The molecule has 23 heavy (non-hydrogen) atoms. The average Bonchev–Trinajstić information content (AvgIpc) is 2.56. The second kappa shape index (κ2) is 8.48. The molecule has 0 spiro atoms. The maximum absolute atomic E-state index is 10.3. The predicted octanol–water partition coefficient (Wildman–Crippen LogP) is 3.30. The number of aliphatic hydroxyl groups is 1. The van der Waals surface area contributed by atoms with Crippen LogP contribution in [0.15, 0.2) is 24.3 Å². The highest BCUT2D eigenvalue weighted by Crippen LogP contribution is 2.35. The third-order valence-corrected chi connectivity index (χ3v) is 5.72. The molecule has 1 aromatic rings. The van der Waals surface area contributed by atoms with Crippen LogP contribution in [0.25, 0.3) is 0 Å². The van der Waals surface area contributed by atoms with Crippen LogP contribution in [0.3, 0.4) is 0 Å². The second-order valence-corrected chi connectivity index (χ2v) is 7.70. The van der Waals surface area contributed by atoms with Gasteiger partial charge in [0.2, 0.25) is 0 Å². The zero-order valence-corrected chi connectivity index (χ0v) is 14.6. The van der Waals surface area contributed by atoms with Crippen molar-refractivity contribution in [1.29, 1.82) is 0 Å². The molecule has 3 rings (SSSR count). The number of rotatable bonds is 6. The van der Waals surface area contributed by atoms with Gasteiger partial charge in [-0.2, -0.15) is 0 Å². The van der Waals surface area contributed by atoms with Crippen LogP contribution in [0, 0.1) is 11.8 Å². The summed E-state index contributed by atoms with van der Waals surface area (Å²) in [6.07, 6.45) is 6.70. The number of β-amino-alcohol motifs (C(OH)–C–C–N with tert-alkyl or cyclic N) is 1. The maximum atomic E-state index is 10.3. The summed E-state index contributed by atoms with van der Waals surface area (Å²) in [5.74, 6) is 1.84. The van der Waals surface area contributed by atoms with Crippen molar-refractivity contribution in [2.24, 2.45) is 11.8 Å². The number of nitrogens with zero attached hydrogens (tertiary/aromatic N) is 1. The number of piperidine rings is 1. The van der Waals surface area contributed by atoms with Crippen molar-refractivity contribution in [3.8, 4) is 0 Å². The molecule has 1 heterocycles. The normalized spacial score (nSPS) is 26.7. The quantitative estimate of drug-likeness (QED) is 0.836. The Morgan fingerprint density at radius 3 is 2.65 bits per heavy atom. The number of hydrogen-bond acceptors (Lipinski definition) is 3. The number of aliphatic hydroxyl groups excluding tert-OH is 1. The number of nitrogens with one attached hydrogen (secondary N) is 1. The van der Waals surface area contributed by atoms with Gasteiger partial charge in [-0.1, -0.05) is 43.0 Å². The number of benzene rings is 1. The predicted molar refractivity (Wildman–Crippen MR) is 95.7 cm³/mol. The van der Waals surface area contributed by atoms with Gasteiger partial charge in [0.25, 0.3) is 0 Å². The van der Waals surface area contributed by atoms with Gasteiger partial charge in [0.15, 0.2) is 0 Å². The third kappa shape index (κ3) is 5.18. The lowest BCUT2D eigenvalue weighted by Gasteiger charge is -2.41. The molecule has 0 amide bonds. The van der Waals surface area contributed by atoms with Gasteiger partial charge in [0.05, 0.1) is 6.10 Å². The van der Waals surface area contributed by atoms with E-state index in [2.05, 4.69) is 10.2 Å². The molecule has 1 aliphatic heterocycles. The zero-order chi connectivity index (χ0) is 16.1. The van der Waals surface area contributed by atoms with Crippen LogP contribution in [0.5, 0.6) is 0 Å². The van der Waals surface area contributed by atoms with Gasteiger partial charge in [-0.15, -0.1) is 0 Å².